The van der Waals surface area contributed by atoms with Gasteiger partial charge >= 0.3 is 13.6 Å². The number of hydrogen-bond acceptors (Lipinski definition) is 5. The Morgan fingerprint density at radius 3 is 1.83 bits per heavy atom. The van der Waals surface area contributed by atoms with Gasteiger partial charge in [-0.05, 0) is 33.3 Å². The molecule has 0 saturated heterocycles. The summed E-state index contributed by atoms with van der Waals surface area (Å²) in [6.07, 6.45) is 0. The van der Waals surface area contributed by atoms with E-state index in [1.165, 1.54) is 0 Å². The van der Waals surface area contributed by atoms with Crippen LogP contribution in [0, 0.1) is 5.92 Å². The monoisotopic (exact) mass is 278 g/mol. The summed E-state index contributed by atoms with van der Waals surface area (Å²) < 4.78 is 28.0. The molecule has 0 saturated carbocycles. The largest absolute Gasteiger partial charge is 0.418 e. The number of rotatable bonds is 7. The minimum Gasteiger partial charge on any atom is -0.418 e. The lowest BCUT2D eigenvalue weighted by Crippen LogP contribution is -2.14. The lowest BCUT2D eigenvalue weighted by atomic mass is 10.2. The van der Waals surface area contributed by atoms with Gasteiger partial charge in [-0.2, -0.15) is 0 Å². The molecule has 0 atom stereocenters. The standard InChI is InChI=1S/C12H23O5P/c1-7-15-18(14,16-8-2)12(10(5)6)17-11(13)9(3)4/h9H,7-8H2,1-6H3. The third kappa shape index (κ3) is 4.92. The average molecular weight is 278 g/mol. The quantitative estimate of drug-likeness (QED) is 0.403. The van der Waals surface area contributed by atoms with Crippen molar-refractivity contribution in [1.29, 1.82) is 0 Å². The van der Waals surface area contributed by atoms with Crippen molar-refractivity contribution >= 4 is 13.6 Å². The smallest absolute Gasteiger partial charge is 0.396 e. The highest BCUT2D eigenvalue weighted by molar-refractivity contribution is 7.58. The molecule has 18 heavy (non-hydrogen) atoms. The summed E-state index contributed by atoms with van der Waals surface area (Å²) in [7, 11) is -3.54. The predicted octanol–water partition coefficient (Wildman–Crippen LogP) is 3.70. The second-order valence-corrected chi connectivity index (χ2v) is 6.13. The Bertz CT molecular complexity index is 345. The van der Waals surface area contributed by atoms with Gasteiger partial charge in [0.15, 0.2) is 0 Å². The van der Waals surface area contributed by atoms with Gasteiger partial charge in [-0.1, -0.05) is 13.8 Å². The molecule has 0 N–H and O–H groups in total. The molecule has 0 aliphatic rings. The van der Waals surface area contributed by atoms with Crippen LogP contribution >= 0.6 is 7.60 Å². The van der Waals surface area contributed by atoms with Gasteiger partial charge in [-0.3, -0.25) is 9.36 Å². The molecule has 106 valence electrons. The van der Waals surface area contributed by atoms with E-state index in [9.17, 15) is 9.36 Å². The van der Waals surface area contributed by atoms with Crippen LogP contribution in [0.2, 0.25) is 0 Å². The van der Waals surface area contributed by atoms with E-state index in [1.54, 1.807) is 41.5 Å². The van der Waals surface area contributed by atoms with Crippen LogP contribution in [-0.2, 0) is 23.1 Å². The number of ether oxygens (including phenoxy) is 1. The van der Waals surface area contributed by atoms with E-state index >= 15 is 0 Å². The summed E-state index contributed by atoms with van der Waals surface area (Å²) in [5.41, 5.74) is 0.610. The molecule has 0 bridgehead atoms. The van der Waals surface area contributed by atoms with Crippen LogP contribution in [0.5, 0.6) is 0 Å². The molecule has 0 unspecified atom stereocenters. The zero-order valence-corrected chi connectivity index (χ0v) is 12.9. The third-order valence-electron chi connectivity index (χ3n) is 1.94. The Hall–Kier alpha value is -0.640. The predicted molar refractivity (Wildman–Crippen MR) is 70.2 cm³/mol. The van der Waals surface area contributed by atoms with E-state index in [0.29, 0.717) is 5.57 Å². The molecule has 0 spiro atoms. The van der Waals surface area contributed by atoms with Crippen molar-refractivity contribution in [1.82, 2.24) is 0 Å². The van der Waals surface area contributed by atoms with Crippen LogP contribution in [0.4, 0.5) is 0 Å². The second-order valence-electron chi connectivity index (χ2n) is 4.21. The molecule has 0 aliphatic carbocycles. The summed E-state index contributed by atoms with van der Waals surface area (Å²) in [5.74, 6) is -0.762. The summed E-state index contributed by atoms with van der Waals surface area (Å²) in [4.78, 5) is 11.6. The zero-order chi connectivity index (χ0) is 14.3. The molecule has 0 heterocycles. The van der Waals surface area contributed by atoms with Crippen molar-refractivity contribution in [3.8, 4) is 0 Å². The van der Waals surface area contributed by atoms with Crippen LogP contribution in [0.1, 0.15) is 41.5 Å². The van der Waals surface area contributed by atoms with Gasteiger partial charge in [0.2, 0.25) is 5.50 Å². The summed E-state index contributed by atoms with van der Waals surface area (Å²) in [5, 5.41) is 0. The van der Waals surface area contributed by atoms with E-state index in [-0.39, 0.29) is 24.6 Å². The number of carbonyl (C=O) groups excluding carboxylic acids is 1. The Labute approximate surface area is 109 Å². The van der Waals surface area contributed by atoms with Crippen molar-refractivity contribution in [2.45, 2.75) is 41.5 Å². The molecule has 0 fully saturated rings. The maximum absolute atomic E-state index is 12.5. The minimum atomic E-state index is -3.54. The van der Waals surface area contributed by atoms with E-state index in [1.807, 2.05) is 0 Å². The molecule has 5 nitrogen and oxygen atoms in total. The molecule has 6 heteroatoms. The van der Waals surface area contributed by atoms with Crippen molar-refractivity contribution < 1.29 is 23.1 Å². The van der Waals surface area contributed by atoms with Gasteiger partial charge in [0.1, 0.15) is 0 Å². The van der Waals surface area contributed by atoms with Crippen LogP contribution in [0.25, 0.3) is 0 Å². The molecular weight excluding hydrogens is 255 g/mol. The molecule has 0 radical (unpaired) electrons. The van der Waals surface area contributed by atoms with Gasteiger partial charge in [0, 0.05) is 0 Å². The van der Waals surface area contributed by atoms with Crippen molar-refractivity contribution in [3.05, 3.63) is 11.1 Å². The Kier molecular flexibility index (Phi) is 7.45. The summed E-state index contributed by atoms with van der Waals surface area (Å²) in [6, 6.07) is 0. The molecule has 0 aromatic rings. The van der Waals surface area contributed by atoms with Crippen LogP contribution < -0.4 is 0 Å². The highest BCUT2D eigenvalue weighted by atomic mass is 31.2. The van der Waals surface area contributed by atoms with E-state index < -0.39 is 13.6 Å². The van der Waals surface area contributed by atoms with Gasteiger partial charge < -0.3 is 13.8 Å². The number of carbonyl (C=O) groups is 1. The van der Waals surface area contributed by atoms with E-state index in [4.69, 9.17) is 13.8 Å². The lowest BCUT2D eigenvalue weighted by Gasteiger charge is -2.21. The zero-order valence-electron chi connectivity index (χ0n) is 12.0. The number of hydrogen-bond donors (Lipinski definition) is 0. The minimum absolute atomic E-state index is 0.00454. The van der Waals surface area contributed by atoms with E-state index in [2.05, 4.69) is 0 Å². The average Bonchev–Trinajstić information content (AvgIpc) is 2.25. The molecule has 0 aliphatic heterocycles. The maximum Gasteiger partial charge on any atom is 0.396 e. The topological polar surface area (TPSA) is 61.8 Å². The van der Waals surface area contributed by atoms with E-state index in [0.717, 1.165) is 0 Å². The molecular formula is C12H23O5P. The number of allylic oxidation sites excluding steroid dienone is 1. The summed E-state index contributed by atoms with van der Waals surface area (Å²) >= 11 is 0. The first-order valence-corrected chi connectivity index (χ1v) is 7.61. The highest BCUT2D eigenvalue weighted by Crippen LogP contribution is 2.57. The molecule has 0 aromatic carbocycles. The third-order valence-corrected chi connectivity index (χ3v) is 4.18. The molecule has 0 amide bonds. The fourth-order valence-electron chi connectivity index (χ4n) is 1.14. The van der Waals surface area contributed by atoms with Crippen LogP contribution in [0.15, 0.2) is 11.1 Å². The Balaban J connectivity index is 5.27. The normalized spacial score (nSPS) is 11.5. The van der Waals surface area contributed by atoms with Crippen molar-refractivity contribution in [3.63, 3.8) is 0 Å². The van der Waals surface area contributed by atoms with Gasteiger partial charge in [-0.15, -0.1) is 0 Å². The Morgan fingerprint density at radius 1 is 1.11 bits per heavy atom. The molecule has 0 rings (SSSR count). The van der Waals surface area contributed by atoms with Crippen LogP contribution in [-0.4, -0.2) is 19.2 Å². The van der Waals surface area contributed by atoms with Crippen LogP contribution in [0.3, 0.4) is 0 Å². The van der Waals surface area contributed by atoms with Gasteiger partial charge in [-0.25, -0.2) is 0 Å². The lowest BCUT2D eigenvalue weighted by molar-refractivity contribution is -0.142. The first-order valence-electron chi connectivity index (χ1n) is 6.07. The number of esters is 1. The maximum atomic E-state index is 12.5. The first-order chi connectivity index (χ1) is 8.28. The van der Waals surface area contributed by atoms with Crippen molar-refractivity contribution in [2.24, 2.45) is 5.92 Å². The fourth-order valence-corrected chi connectivity index (χ4v) is 2.88. The highest BCUT2D eigenvalue weighted by Gasteiger charge is 2.34. The first kappa shape index (κ1) is 17.4. The van der Waals surface area contributed by atoms with Gasteiger partial charge in [0.05, 0.1) is 19.1 Å². The Morgan fingerprint density at radius 2 is 1.56 bits per heavy atom. The second kappa shape index (κ2) is 7.72. The summed E-state index contributed by atoms with van der Waals surface area (Å²) in [6.45, 7) is 10.7. The molecule has 0 aromatic heterocycles. The van der Waals surface area contributed by atoms with Crippen molar-refractivity contribution in [2.75, 3.05) is 13.2 Å². The van der Waals surface area contributed by atoms with Gasteiger partial charge in [0.25, 0.3) is 0 Å². The SMILES string of the molecule is CCOP(=O)(OCC)C(OC(=O)C(C)C)=C(C)C. The fraction of sp³-hybridized carbons (Fsp3) is 0.750.